The molecule has 1 aliphatic heterocycles. The fourth-order valence-electron chi connectivity index (χ4n) is 2.92. The predicted molar refractivity (Wildman–Crippen MR) is 84.5 cm³/mol. The zero-order chi connectivity index (χ0) is 14.5. The fraction of sp³-hybridized carbons (Fsp3) is 0.625. The van der Waals surface area contributed by atoms with Crippen molar-refractivity contribution >= 4 is 5.69 Å². The Kier molecular flexibility index (Phi) is 5.26. The lowest BCUT2D eigenvalue weighted by molar-refractivity contribution is 0.183. The zero-order valence-corrected chi connectivity index (χ0v) is 12.9. The summed E-state index contributed by atoms with van der Waals surface area (Å²) in [6.07, 6.45) is 1.07. The summed E-state index contributed by atoms with van der Waals surface area (Å²) in [4.78, 5) is 4.97. The van der Waals surface area contributed by atoms with E-state index in [0.717, 1.165) is 38.3 Å². The van der Waals surface area contributed by atoms with Gasteiger partial charge in [-0.2, -0.15) is 0 Å². The Labute approximate surface area is 122 Å². The summed E-state index contributed by atoms with van der Waals surface area (Å²) in [5.41, 5.74) is 7.15. The van der Waals surface area contributed by atoms with Crippen LogP contribution in [0.4, 0.5) is 5.69 Å². The Morgan fingerprint density at radius 2 is 1.90 bits per heavy atom. The van der Waals surface area contributed by atoms with Crippen LogP contribution in [-0.4, -0.2) is 50.3 Å². The van der Waals surface area contributed by atoms with E-state index >= 15 is 0 Å². The van der Waals surface area contributed by atoms with Crippen molar-refractivity contribution in [2.45, 2.75) is 32.4 Å². The van der Waals surface area contributed by atoms with Crippen molar-refractivity contribution in [2.24, 2.45) is 5.73 Å². The first kappa shape index (κ1) is 15.1. The van der Waals surface area contributed by atoms with Crippen LogP contribution >= 0.6 is 0 Å². The minimum Gasteiger partial charge on any atom is -0.497 e. The van der Waals surface area contributed by atoms with Crippen LogP contribution in [0.2, 0.25) is 0 Å². The van der Waals surface area contributed by atoms with Crippen molar-refractivity contribution in [3.05, 3.63) is 24.3 Å². The van der Waals surface area contributed by atoms with E-state index < -0.39 is 0 Å². The summed E-state index contributed by atoms with van der Waals surface area (Å²) in [6, 6.07) is 9.16. The number of anilines is 1. The summed E-state index contributed by atoms with van der Waals surface area (Å²) < 4.78 is 5.30. The molecule has 4 nitrogen and oxygen atoms in total. The molecule has 0 amide bonds. The highest BCUT2D eigenvalue weighted by molar-refractivity contribution is 5.51. The lowest BCUT2D eigenvalue weighted by Crippen LogP contribution is -2.50. The molecule has 1 aromatic rings. The maximum absolute atomic E-state index is 5.90. The normalized spacial score (nSPS) is 19.7. The first-order valence-electron chi connectivity index (χ1n) is 7.48. The maximum Gasteiger partial charge on any atom is 0.120 e. The monoisotopic (exact) mass is 277 g/mol. The predicted octanol–water partition coefficient (Wildman–Crippen LogP) is 1.94. The minimum absolute atomic E-state index is 0.279. The molecule has 2 unspecified atom stereocenters. The number of hydrogen-bond acceptors (Lipinski definition) is 4. The van der Waals surface area contributed by atoms with Crippen molar-refractivity contribution in [2.75, 3.05) is 38.2 Å². The van der Waals surface area contributed by atoms with Crippen LogP contribution in [-0.2, 0) is 0 Å². The van der Waals surface area contributed by atoms with Gasteiger partial charge in [0.25, 0.3) is 0 Å². The quantitative estimate of drug-likeness (QED) is 0.893. The van der Waals surface area contributed by atoms with E-state index in [-0.39, 0.29) is 6.04 Å². The van der Waals surface area contributed by atoms with Crippen LogP contribution in [0, 0.1) is 0 Å². The van der Waals surface area contributed by atoms with E-state index in [0.29, 0.717) is 6.04 Å². The molecule has 0 aromatic heterocycles. The molecule has 2 rings (SSSR count). The Hall–Kier alpha value is -1.26. The molecule has 1 fully saturated rings. The van der Waals surface area contributed by atoms with E-state index in [4.69, 9.17) is 10.5 Å². The molecule has 2 atom stereocenters. The van der Waals surface area contributed by atoms with Crippen molar-refractivity contribution in [3.8, 4) is 5.75 Å². The standard InChI is InChI=1S/C16H27N3O/c1-13(17)11-14(2)18-7-9-19(10-8-18)15-5-4-6-16(12-15)20-3/h4-6,12-14H,7-11,17H2,1-3H3. The highest BCUT2D eigenvalue weighted by atomic mass is 16.5. The number of methoxy groups -OCH3 is 1. The molecule has 1 aliphatic rings. The zero-order valence-electron chi connectivity index (χ0n) is 12.9. The maximum atomic E-state index is 5.90. The first-order valence-corrected chi connectivity index (χ1v) is 7.48. The molecule has 1 aromatic carbocycles. The number of nitrogens with zero attached hydrogens (tertiary/aromatic N) is 2. The second-order valence-electron chi connectivity index (χ2n) is 5.79. The van der Waals surface area contributed by atoms with Crippen molar-refractivity contribution in [3.63, 3.8) is 0 Å². The van der Waals surface area contributed by atoms with E-state index in [9.17, 15) is 0 Å². The molecule has 0 bridgehead atoms. The number of rotatable bonds is 5. The fourth-order valence-corrected chi connectivity index (χ4v) is 2.92. The van der Waals surface area contributed by atoms with Crippen molar-refractivity contribution in [1.29, 1.82) is 0 Å². The topological polar surface area (TPSA) is 41.7 Å². The van der Waals surface area contributed by atoms with Crippen LogP contribution in [0.15, 0.2) is 24.3 Å². The SMILES string of the molecule is COc1cccc(N2CCN(C(C)CC(C)N)CC2)c1. The summed E-state index contributed by atoms with van der Waals surface area (Å²) in [5, 5.41) is 0. The molecule has 112 valence electrons. The summed E-state index contributed by atoms with van der Waals surface area (Å²) >= 11 is 0. The molecule has 4 heteroatoms. The van der Waals surface area contributed by atoms with Crippen LogP contribution < -0.4 is 15.4 Å². The molecule has 0 saturated carbocycles. The summed E-state index contributed by atoms with van der Waals surface area (Å²) in [6.45, 7) is 8.71. The smallest absolute Gasteiger partial charge is 0.120 e. The van der Waals surface area contributed by atoms with Gasteiger partial charge < -0.3 is 15.4 Å². The van der Waals surface area contributed by atoms with Gasteiger partial charge in [0.05, 0.1) is 7.11 Å². The molecule has 20 heavy (non-hydrogen) atoms. The van der Waals surface area contributed by atoms with Gasteiger partial charge in [0.1, 0.15) is 5.75 Å². The molecule has 0 spiro atoms. The molecule has 0 radical (unpaired) electrons. The van der Waals surface area contributed by atoms with Gasteiger partial charge in [0, 0.05) is 50.0 Å². The molecule has 0 aliphatic carbocycles. The number of ether oxygens (including phenoxy) is 1. The van der Waals surface area contributed by atoms with Crippen molar-refractivity contribution in [1.82, 2.24) is 4.90 Å². The first-order chi connectivity index (χ1) is 9.60. The van der Waals surface area contributed by atoms with Gasteiger partial charge in [-0.1, -0.05) is 6.07 Å². The Bertz CT molecular complexity index is 414. The third-order valence-electron chi connectivity index (χ3n) is 4.07. The Balaban J connectivity index is 1.90. The number of benzene rings is 1. The number of hydrogen-bond donors (Lipinski definition) is 1. The molecule has 1 saturated heterocycles. The third-order valence-corrected chi connectivity index (χ3v) is 4.07. The van der Waals surface area contributed by atoms with E-state index in [1.165, 1.54) is 5.69 Å². The Morgan fingerprint density at radius 3 is 2.50 bits per heavy atom. The van der Waals surface area contributed by atoms with E-state index in [2.05, 4.69) is 41.8 Å². The van der Waals surface area contributed by atoms with Gasteiger partial charge in [0.15, 0.2) is 0 Å². The van der Waals surface area contributed by atoms with E-state index in [1.54, 1.807) is 7.11 Å². The average molecular weight is 277 g/mol. The van der Waals surface area contributed by atoms with Gasteiger partial charge in [-0.05, 0) is 32.4 Å². The molecule has 2 N–H and O–H groups in total. The van der Waals surface area contributed by atoms with Crippen LogP contribution in [0.5, 0.6) is 5.75 Å². The van der Waals surface area contributed by atoms with Gasteiger partial charge in [0.2, 0.25) is 0 Å². The van der Waals surface area contributed by atoms with Crippen LogP contribution in [0.1, 0.15) is 20.3 Å². The Morgan fingerprint density at radius 1 is 1.20 bits per heavy atom. The highest BCUT2D eigenvalue weighted by Crippen LogP contribution is 2.22. The lowest BCUT2D eigenvalue weighted by Gasteiger charge is -2.39. The van der Waals surface area contributed by atoms with Crippen molar-refractivity contribution < 1.29 is 4.74 Å². The average Bonchev–Trinajstić information content (AvgIpc) is 2.47. The second-order valence-corrected chi connectivity index (χ2v) is 5.79. The van der Waals surface area contributed by atoms with Crippen LogP contribution in [0.25, 0.3) is 0 Å². The summed E-state index contributed by atoms with van der Waals surface area (Å²) in [5.74, 6) is 0.926. The van der Waals surface area contributed by atoms with Gasteiger partial charge in [-0.3, -0.25) is 4.90 Å². The highest BCUT2D eigenvalue weighted by Gasteiger charge is 2.21. The molecular weight excluding hydrogens is 250 g/mol. The van der Waals surface area contributed by atoms with E-state index in [1.807, 2.05) is 6.07 Å². The lowest BCUT2D eigenvalue weighted by atomic mass is 10.1. The minimum atomic E-state index is 0.279. The number of nitrogens with two attached hydrogens (primary N) is 1. The van der Waals surface area contributed by atoms with Gasteiger partial charge >= 0.3 is 0 Å². The van der Waals surface area contributed by atoms with Gasteiger partial charge in [-0.25, -0.2) is 0 Å². The molecule has 1 heterocycles. The van der Waals surface area contributed by atoms with Crippen LogP contribution in [0.3, 0.4) is 0 Å². The second kappa shape index (κ2) is 6.95. The largest absolute Gasteiger partial charge is 0.497 e. The summed E-state index contributed by atoms with van der Waals surface area (Å²) in [7, 11) is 1.71. The molecular formula is C16H27N3O. The van der Waals surface area contributed by atoms with Gasteiger partial charge in [-0.15, -0.1) is 0 Å². The number of piperazine rings is 1. The third kappa shape index (κ3) is 3.87.